The number of ether oxygens (including phenoxy) is 1. The number of pyridine rings is 1. The van der Waals surface area contributed by atoms with Gasteiger partial charge in [-0.15, -0.1) is 0 Å². The molecule has 0 amide bonds. The molecule has 0 unspecified atom stereocenters. The summed E-state index contributed by atoms with van der Waals surface area (Å²) in [5.74, 6) is 0.929. The Morgan fingerprint density at radius 3 is 2.76 bits per heavy atom. The standard InChI is InChI=1S/C17H21ClN2O/c1-12(2)20-9-14-6-4-5-13(3)17(14)21-11-15-7-8-19-10-16(15)18/h4-8,10,12,20H,9,11H2,1-3H3. The highest BCUT2D eigenvalue weighted by atomic mass is 35.5. The van der Waals surface area contributed by atoms with Crippen molar-refractivity contribution in [2.75, 3.05) is 0 Å². The van der Waals surface area contributed by atoms with E-state index in [2.05, 4.69) is 49.3 Å². The van der Waals surface area contributed by atoms with E-state index in [1.165, 1.54) is 0 Å². The van der Waals surface area contributed by atoms with Crippen molar-refractivity contribution in [3.8, 4) is 5.75 Å². The predicted molar refractivity (Wildman–Crippen MR) is 86.7 cm³/mol. The first-order valence-corrected chi connectivity index (χ1v) is 7.48. The lowest BCUT2D eigenvalue weighted by molar-refractivity contribution is 0.299. The van der Waals surface area contributed by atoms with Gasteiger partial charge in [0.15, 0.2) is 0 Å². The van der Waals surface area contributed by atoms with Crippen molar-refractivity contribution in [2.45, 2.75) is 40.0 Å². The third-order valence-corrected chi connectivity index (χ3v) is 3.56. The van der Waals surface area contributed by atoms with Crippen LogP contribution in [0.5, 0.6) is 5.75 Å². The minimum atomic E-state index is 0.438. The Bertz CT molecular complexity index is 599. The van der Waals surface area contributed by atoms with Crippen LogP contribution in [-0.4, -0.2) is 11.0 Å². The molecule has 0 atom stereocenters. The molecule has 0 spiro atoms. The fourth-order valence-electron chi connectivity index (χ4n) is 2.04. The first-order valence-electron chi connectivity index (χ1n) is 7.11. The van der Waals surface area contributed by atoms with E-state index in [4.69, 9.17) is 16.3 Å². The zero-order valence-electron chi connectivity index (χ0n) is 12.7. The highest BCUT2D eigenvalue weighted by Gasteiger charge is 2.09. The summed E-state index contributed by atoms with van der Waals surface area (Å²) in [4.78, 5) is 3.99. The number of aryl methyl sites for hydroxylation is 1. The molecule has 2 rings (SSSR count). The number of nitrogens with zero attached hydrogens (tertiary/aromatic N) is 1. The SMILES string of the molecule is Cc1cccc(CNC(C)C)c1OCc1ccncc1Cl. The molecule has 0 bridgehead atoms. The number of halogens is 1. The number of aromatic nitrogens is 1. The van der Waals surface area contributed by atoms with Crippen LogP contribution in [-0.2, 0) is 13.2 Å². The highest BCUT2D eigenvalue weighted by molar-refractivity contribution is 6.31. The van der Waals surface area contributed by atoms with Gasteiger partial charge in [0, 0.05) is 36.1 Å². The van der Waals surface area contributed by atoms with Gasteiger partial charge < -0.3 is 10.1 Å². The fraction of sp³-hybridized carbons (Fsp3) is 0.353. The summed E-state index contributed by atoms with van der Waals surface area (Å²) in [7, 11) is 0. The van der Waals surface area contributed by atoms with Gasteiger partial charge in [0.25, 0.3) is 0 Å². The van der Waals surface area contributed by atoms with Gasteiger partial charge in [-0.3, -0.25) is 4.98 Å². The predicted octanol–water partition coefficient (Wildman–Crippen LogP) is 4.12. The van der Waals surface area contributed by atoms with Crippen molar-refractivity contribution in [1.82, 2.24) is 10.3 Å². The van der Waals surface area contributed by atoms with E-state index in [0.717, 1.165) is 29.0 Å². The van der Waals surface area contributed by atoms with E-state index >= 15 is 0 Å². The number of rotatable bonds is 6. The Labute approximate surface area is 131 Å². The van der Waals surface area contributed by atoms with Crippen molar-refractivity contribution in [2.24, 2.45) is 0 Å². The molecule has 1 heterocycles. The Morgan fingerprint density at radius 1 is 1.24 bits per heavy atom. The lowest BCUT2D eigenvalue weighted by Crippen LogP contribution is -2.22. The Kier molecular flexibility index (Phi) is 5.59. The molecule has 0 fully saturated rings. The average Bonchev–Trinajstić information content (AvgIpc) is 2.45. The molecule has 0 aliphatic carbocycles. The van der Waals surface area contributed by atoms with Gasteiger partial charge in [0.1, 0.15) is 12.4 Å². The molecule has 1 N–H and O–H groups in total. The molecule has 21 heavy (non-hydrogen) atoms. The summed E-state index contributed by atoms with van der Waals surface area (Å²) >= 11 is 6.12. The second-order valence-electron chi connectivity index (χ2n) is 5.35. The van der Waals surface area contributed by atoms with E-state index in [9.17, 15) is 0 Å². The topological polar surface area (TPSA) is 34.1 Å². The average molecular weight is 305 g/mol. The van der Waals surface area contributed by atoms with Crippen LogP contribution < -0.4 is 10.1 Å². The van der Waals surface area contributed by atoms with Crippen LogP contribution in [0.15, 0.2) is 36.7 Å². The Morgan fingerprint density at radius 2 is 2.05 bits per heavy atom. The molecule has 0 saturated carbocycles. The number of hydrogen-bond donors (Lipinski definition) is 1. The van der Waals surface area contributed by atoms with Gasteiger partial charge in [-0.05, 0) is 18.6 Å². The van der Waals surface area contributed by atoms with E-state index < -0.39 is 0 Å². The molecular formula is C17H21ClN2O. The number of benzene rings is 1. The van der Waals surface area contributed by atoms with Gasteiger partial charge in [-0.25, -0.2) is 0 Å². The lowest BCUT2D eigenvalue weighted by Gasteiger charge is -2.16. The second kappa shape index (κ2) is 7.43. The monoisotopic (exact) mass is 304 g/mol. The van der Waals surface area contributed by atoms with Crippen LogP contribution in [0.25, 0.3) is 0 Å². The first kappa shape index (κ1) is 15.8. The highest BCUT2D eigenvalue weighted by Crippen LogP contribution is 2.25. The molecule has 1 aromatic heterocycles. The van der Waals surface area contributed by atoms with Crippen LogP contribution in [0.3, 0.4) is 0 Å². The van der Waals surface area contributed by atoms with Crippen molar-refractivity contribution in [3.63, 3.8) is 0 Å². The summed E-state index contributed by atoms with van der Waals surface area (Å²) in [5, 5.41) is 4.06. The third kappa shape index (κ3) is 4.45. The van der Waals surface area contributed by atoms with E-state index in [1.54, 1.807) is 12.4 Å². The lowest BCUT2D eigenvalue weighted by atomic mass is 10.1. The summed E-state index contributed by atoms with van der Waals surface area (Å²) in [6, 6.07) is 8.52. The smallest absolute Gasteiger partial charge is 0.127 e. The quantitative estimate of drug-likeness (QED) is 0.871. The normalized spacial score (nSPS) is 10.9. The van der Waals surface area contributed by atoms with Crippen LogP contribution in [0, 0.1) is 6.92 Å². The maximum atomic E-state index is 6.12. The Hall–Kier alpha value is -1.58. The molecule has 1 aromatic carbocycles. The molecular weight excluding hydrogens is 284 g/mol. The van der Waals surface area contributed by atoms with Crippen molar-refractivity contribution in [3.05, 3.63) is 58.4 Å². The van der Waals surface area contributed by atoms with Gasteiger partial charge in [-0.2, -0.15) is 0 Å². The number of hydrogen-bond acceptors (Lipinski definition) is 3. The van der Waals surface area contributed by atoms with Crippen molar-refractivity contribution in [1.29, 1.82) is 0 Å². The molecule has 2 aromatic rings. The molecule has 112 valence electrons. The second-order valence-corrected chi connectivity index (χ2v) is 5.76. The molecule has 0 aliphatic rings. The number of nitrogens with one attached hydrogen (secondary N) is 1. The molecule has 0 aliphatic heterocycles. The first-order chi connectivity index (χ1) is 10.1. The summed E-state index contributed by atoms with van der Waals surface area (Å²) < 4.78 is 6.01. The van der Waals surface area contributed by atoms with Gasteiger partial charge in [-0.1, -0.05) is 43.6 Å². The van der Waals surface area contributed by atoms with Gasteiger partial charge >= 0.3 is 0 Å². The zero-order chi connectivity index (χ0) is 15.2. The Balaban J connectivity index is 2.13. The van der Waals surface area contributed by atoms with Crippen molar-refractivity contribution >= 4 is 11.6 Å². The minimum absolute atomic E-state index is 0.438. The van der Waals surface area contributed by atoms with E-state index in [0.29, 0.717) is 17.7 Å². The van der Waals surface area contributed by atoms with Crippen LogP contribution in [0.2, 0.25) is 5.02 Å². The maximum absolute atomic E-state index is 6.12. The van der Waals surface area contributed by atoms with Crippen LogP contribution >= 0.6 is 11.6 Å². The fourth-order valence-corrected chi connectivity index (χ4v) is 2.22. The maximum Gasteiger partial charge on any atom is 0.127 e. The van der Waals surface area contributed by atoms with Crippen molar-refractivity contribution < 1.29 is 4.74 Å². The third-order valence-electron chi connectivity index (χ3n) is 3.22. The molecule has 4 heteroatoms. The largest absolute Gasteiger partial charge is 0.488 e. The van der Waals surface area contributed by atoms with E-state index in [1.807, 2.05) is 6.07 Å². The zero-order valence-corrected chi connectivity index (χ0v) is 13.4. The van der Waals surface area contributed by atoms with Crippen LogP contribution in [0.4, 0.5) is 0 Å². The summed E-state index contributed by atoms with van der Waals surface area (Å²) in [6.45, 7) is 7.56. The van der Waals surface area contributed by atoms with Gasteiger partial charge in [0.05, 0.1) is 5.02 Å². The summed E-state index contributed by atoms with van der Waals surface area (Å²) in [6.07, 6.45) is 3.36. The number of para-hydroxylation sites is 1. The molecule has 3 nitrogen and oxygen atoms in total. The molecule has 0 saturated heterocycles. The molecule has 0 radical (unpaired) electrons. The minimum Gasteiger partial charge on any atom is -0.488 e. The van der Waals surface area contributed by atoms with Crippen LogP contribution in [0.1, 0.15) is 30.5 Å². The van der Waals surface area contributed by atoms with Gasteiger partial charge in [0.2, 0.25) is 0 Å². The van der Waals surface area contributed by atoms with E-state index in [-0.39, 0.29) is 0 Å². The summed E-state index contributed by atoms with van der Waals surface area (Å²) in [5.41, 5.74) is 3.23.